The normalized spacial score (nSPS) is 21.7. The fraction of sp³-hybridized carbons (Fsp3) is 0.458. The molecule has 2 aromatic rings. The molecule has 0 radical (unpaired) electrons. The molecule has 2 bridgehead atoms. The van der Waals surface area contributed by atoms with E-state index in [9.17, 15) is 4.79 Å². The molecule has 1 aliphatic heterocycles. The van der Waals surface area contributed by atoms with Crippen LogP contribution in [0.3, 0.4) is 0 Å². The monoisotopic (exact) mass is 427 g/mol. The van der Waals surface area contributed by atoms with Crippen molar-refractivity contribution in [2.24, 2.45) is 5.92 Å². The third kappa shape index (κ3) is 3.96. The van der Waals surface area contributed by atoms with Gasteiger partial charge in [0, 0.05) is 17.7 Å². The molecule has 2 unspecified atom stereocenters. The van der Waals surface area contributed by atoms with Gasteiger partial charge >= 0.3 is 0 Å². The summed E-state index contributed by atoms with van der Waals surface area (Å²) >= 11 is 0. The molecular weight excluding hydrogens is 398 g/mol. The Hall–Kier alpha value is -3.09. The van der Waals surface area contributed by atoms with E-state index in [1.165, 1.54) is 0 Å². The van der Waals surface area contributed by atoms with Gasteiger partial charge in [0.25, 0.3) is 5.91 Å². The van der Waals surface area contributed by atoms with E-state index < -0.39 is 0 Å². The highest BCUT2D eigenvalue weighted by molar-refractivity contribution is 5.96. The summed E-state index contributed by atoms with van der Waals surface area (Å²) in [5.41, 5.74) is 0.522. The second-order valence-electron chi connectivity index (χ2n) is 7.91. The van der Waals surface area contributed by atoms with Crippen LogP contribution in [0.4, 0.5) is 0 Å². The van der Waals surface area contributed by atoms with E-state index in [4.69, 9.17) is 23.7 Å². The number of amides is 1. The van der Waals surface area contributed by atoms with Gasteiger partial charge in [-0.3, -0.25) is 4.79 Å². The van der Waals surface area contributed by atoms with E-state index in [1.54, 1.807) is 40.6 Å². The van der Waals surface area contributed by atoms with Gasteiger partial charge in [-0.25, -0.2) is 0 Å². The number of methoxy groups -OCH3 is 4. The Morgan fingerprint density at radius 2 is 1.65 bits per heavy atom. The van der Waals surface area contributed by atoms with Crippen LogP contribution < -0.4 is 23.7 Å². The van der Waals surface area contributed by atoms with Crippen molar-refractivity contribution < 1.29 is 28.5 Å². The number of hydrogen-bond acceptors (Lipinski definition) is 6. The van der Waals surface area contributed by atoms with Crippen LogP contribution in [-0.2, 0) is 0 Å². The van der Waals surface area contributed by atoms with Crippen LogP contribution in [-0.4, -0.2) is 57.9 Å². The van der Waals surface area contributed by atoms with Gasteiger partial charge in [0.2, 0.25) is 5.75 Å². The quantitative estimate of drug-likeness (QED) is 0.639. The Kier molecular flexibility index (Phi) is 6.11. The van der Waals surface area contributed by atoms with Gasteiger partial charge in [-0.15, -0.1) is 0 Å². The molecule has 0 N–H and O–H groups in total. The zero-order chi connectivity index (χ0) is 22.0. The highest BCUT2D eigenvalue weighted by Gasteiger charge is 2.48. The Labute approximate surface area is 182 Å². The molecule has 4 rings (SSSR count). The summed E-state index contributed by atoms with van der Waals surface area (Å²) in [7, 11) is 6.28. The number of carbonyl (C=O) groups excluding carboxylic acids is 1. The van der Waals surface area contributed by atoms with Crippen LogP contribution in [0.2, 0.25) is 0 Å². The van der Waals surface area contributed by atoms with Gasteiger partial charge in [0.15, 0.2) is 11.5 Å². The second-order valence-corrected chi connectivity index (χ2v) is 7.91. The lowest BCUT2D eigenvalue weighted by molar-refractivity contribution is 0.0505. The van der Waals surface area contributed by atoms with Crippen molar-refractivity contribution in [2.45, 2.75) is 31.3 Å². The maximum Gasteiger partial charge on any atom is 0.254 e. The van der Waals surface area contributed by atoms with E-state index in [-0.39, 0.29) is 18.0 Å². The van der Waals surface area contributed by atoms with E-state index in [1.807, 2.05) is 29.2 Å². The molecule has 2 aliphatic rings. The molecule has 3 atom stereocenters. The van der Waals surface area contributed by atoms with Gasteiger partial charge in [-0.1, -0.05) is 6.07 Å². The number of rotatable bonds is 8. The summed E-state index contributed by atoms with van der Waals surface area (Å²) in [4.78, 5) is 15.6. The van der Waals surface area contributed by atoms with Crippen molar-refractivity contribution in [3.8, 4) is 28.7 Å². The molecule has 2 aromatic carbocycles. The van der Waals surface area contributed by atoms with E-state index in [0.717, 1.165) is 30.8 Å². The number of piperidine rings is 1. The Morgan fingerprint density at radius 3 is 2.29 bits per heavy atom. The topological polar surface area (TPSA) is 66.5 Å². The molecule has 2 fully saturated rings. The lowest BCUT2D eigenvalue weighted by atomic mass is 9.98. The molecule has 1 saturated carbocycles. The number of fused-ring (bicyclic) bond motifs is 2. The molecule has 1 saturated heterocycles. The first kappa shape index (κ1) is 21.2. The van der Waals surface area contributed by atoms with Gasteiger partial charge < -0.3 is 28.6 Å². The summed E-state index contributed by atoms with van der Waals surface area (Å²) in [6.45, 7) is 0.449. The highest BCUT2D eigenvalue weighted by atomic mass is 16.5. The van der Waals surface area contributed by atoms with E-state index in [0.29, 0.717) is 35.3 Å². The predicted molar refractivity (Wildman–Crippen MR) is 116 cm³/mol. The van der Waals surface area contributed by atoms with Crippen LogP contribution in [0.25, 0.3) is 0 Å². The van der Waals surface area contributed by atoms with Gasteiger partial charge in [0.1, 0.15) is 18.1 Å². The number of ether oxygens (including phenoxy) is 5. The van der Waals surface area contributed by atoms with Crippen molar-refractivity contribution in [3.63, 3.8) is 0 Å². The molecule has 7 nitrogen and oxygen atoms in total. The Bertz CT molecular complexity index is 920. The standard InChI is InChI=1S/C24H29NO6/c1-27-18-6-5-7-19(13-18)31-14-20-15-8-9-17(10-15)25(20)24(26)16-11-21(28-2)23(30-4)22(12-16)29-3/h5-7,11-13,15,17,20H,8-10,14H2,1-4H3/t15?,17?,20-/m0/s1. The van der Waals surface area contributed by atoms with Crippen LogP contribution in [0.5, 0.6) is 28.7 Å². The van der Waals surface area contributed by atoms with Crippen molar-refractivity contribution in [2.75, 3.05) is 35.0 Å². The van der Waals surface area contributed by atoms with Crippen LogP contribution in [0.1, 0.15) is 29.6 Å². The first-order valence-electron chi connectivity index (χ1n) is 10.5. The highest BCUT2D eigenvalue weighted by Crippen LogP contribution is 2.45. The molecule has 1 heterocycles. The Balaban J connectivity index is 1.57. The number of benzene rings is 2. The summed E-state index contributed by atoms with van der Waals surface area (Å²) in [5.74, 6) is 3.31. The molecule has 0 spiro atoms. The fourth-order valence-corrected chi connectivity index (χ4v) is 4.85. The lowest BCUT2D eigenvalue weighted by Crippen LogP contribution is -2.47. The van der Waals surface area contributed by atoms with Gasteiger partial charge in [-0.2, -0.15) is 0 Å². The molecule has 31 heavy (non-hydrogen) atoms. The third-order valence-electron chi connectivity index (χ3n) is 6.35. The van der Waals surface area contributed by atoms with Crippen molar-refractivity contribution in [1.82, 2.24) is 4.90 Å². The van der Waals surface area contributed by atoms with E-state index in [2.05, 4.69) is 0 Å². The van der Waals surface area contributed by atoms with Crippen molar-refractivity contribution in [1.29, 1.82) is 0 Å². The molecule has 1 amide bonds. The lowest BCUT2D eigenvalue weighted by Gasteiger charge is -2.35. The van der Waals surface area contributed by atoms with Crippen LogP contribution in [0.15, 0.2) is 36.4 Å². The average molecular weight is 427 g/mol. The maximum absolute atomic E-state index is 13.6. The molecule has 7 heteroatoms. The average Bonchev–Trinajstić information content (AvgIpc) is 3.43. The number of carbonyl (C=O) groups is 1. The van der Waals surface area contributed by atoms with Crippen molar-refractivity contribution >= 4 is 5.91 Å². The summed E-state index contributed by atoms with van der Waals surface area (Å²) < 4.78 is 27.6. The van der Waals surface area contributed by atoms with Gasteiger partial charge in [-0.05, 0) is 49.4 Å². The minimum absolute atomic E-state index is 0.0246. The molecule has 1 aliphatic carbocycles. The first-order valence-corrected chi connectivity index (χ1v) is 10.5. The number of likely N-dealkylation sites (tertiary alicyclic amines) is 1. The zero-order valence-corrected chi connectivity index (χ0v) is 18.4. The van der Waals surface area contributed by atoms with Gasteiger partial charge in [0.05, 0.1) is 34.5 Å². The van der Waals surface area contributed by atoms with Crippen molar-refractivity contribution in [3.05, 3.63) is 42.0 Å². The Morgan fingerprint density at radius 1 is 0.935 bits per heavy atom. The minimum atomic E-state index is -0.0364. The summed E-state index contributed by atoms with van der Waals surface area (Å²) in [6, 6.07) is 11.2. The molecule has 0 aromatic heterocycles. The van der Waals surface area contributed by atoms with Crippen LogP contribution >= 0.6 is 0 Å². The first-order chi connectivity index (χ1) is 15.1. The molecular formula is C24H29NO6. The molecule has 166 valence electrons. The number of nitrogens with zero attached hydrogens (tertiary/aromatic N) is 1. The second kappa shape index (κ2) is 8.96. The predicted octanol–water partition coefficient (Wildman–Crippen LogP) is 3.79. The summed E-state index contributed by atoms with van der Waals surface area (Å²) in [6.07, 6.45) is 3.16. The minimum Gasteiger partial charge on any atom is -0.497 e. The smallest absolute Gasteiger partial charge is 0.254 e. The largest absolute Gasteiger partial charge is 0.497 e. The third-order valence-corrected chi connectivity index (χ3v) is 6.35. The fourth-order valence-electron chi connectivity index (χ4n) is 4.85. The van der Waals surface area contributed by atoms with E-state index >= 15 is 0 Å². The van der Waals surface area contributed by atoms with Crippen LogP contribution in [0, 0.1) is 5.92 Å². The number of hydrogen-bond donors (Lipinski definition) is 0. The summed E-state index contributed by atoms with van der Waals surface area (Å²) in [5, 5.41) is 0. The maximum atomic E-state index is 13.6. The SMILES string of the molecule is COc1cccc(OC[C@H]2C3CCC(C3)N2C(=O)c2cc(OC)c(OC)c(OC)c2)c1. The zero-order valence-electron chi connectivity index (χ0n) is 18.4.